The van der Waals surface area contributed by atoms with Crippen LogP contribution >= 0.6 is 0 Å². The number of rotatable bonds is 4. The van der Waals surface area contributed by atoms with E-state index in [1.807, 2.05) is 0 Å². The zero-order valence-corrected chi connectivity index (χ0v) is 11.2. The van der Waals surface area contributed by atoms with Crippen LogP contribution in [0, 0.1) is 5.82 Å². The highest BCUT2D eigenvalue weighted by atomic mass is 19.1. The lowest BCUT2D eigenvalue weighted by Gasteiger charge is -2.16. The van der Waals surface area contributed by atoms with Crippen LogP contribution in [-0.2, 0) is 20.9 Å². The summed E-state index contributed by atoms with van der Waals surface area (Å²) in [6.07, 6.45) is 1.74. The highest BCUT2D eigenvalue weighted by Crippen LogP contribution is 2.17. The standard InChI is InChI=1S/C14H15FN2O3/c1-9(18)16-12(14(19)20-2)8-17-6-5-10-7-11(15)3-4-13(10)17/h3-7,12H,8H2,1-2H3,(H,16,18). The van der Waals surface area contributed by atoms with Gasteiger partial charge in [0, 0.05) is 24.0 Å². The first-order chi connectivity index (χ1) is 9.51. The molecular formula is C14H15FN2O3. The molecule has 1 heterocycles. The fourth-order valence-electron chi connectivity index (χ4n) is 2.09. The van der Waals surface area contributed by atoms with E-state index in [1.54, 1.807) is 22.9 Å². The van der Waals surface area contributed by atoms with Gasteiger partial charge in [0.05, 0.1) is 13.7 Å². The topological polar surface area (TPSA) is 60.3 Å². The number of amides is 1. The zero-order valence-electron chi connectivity index (χ0n) is 11.2. The number of hydrogen-bond acceptors (Lipinski definition) is 3. The minimum absolute atomic E-state index is 0.224. The number of halogens is 1. The maximum Gasteiger partial charge on any atom is 0.330 e. The van der Waals surface area contributed by atoms with Crippen molar-refractivity contribution in [2.75, 3.05) is 7.11 Å². The molecule has 0 spiro atoms. The summed E-state index contributed by atoms with van der Waals surface area (Å²) < 4.78 is 19.6. The molecule has 1 atom stereocenters. The highest BCUT2D eigenvalue weighted by Gasteiger charge is 2.21. The summed E-state index contributed by atoms with van der Waals surface area (Å²) in [5, 5.41) is 3.27. The number of methoxy groups -OCH3 is 1. The van der Waals surface area contributed by atoms with Gasteiger partial charge in [-0.1, -0.05) is 0 Å². The van der Waals surface area contributed by atoms with Crippen LogP contribution in [0.1, 0.15) is 6.92 Å². The SMILES string of the molecule is COC(=O)C(Cn1ccc2cc(F)ccc21)NC(C)=O. The van der Waals surface area contributed by atoms with Crippen LogP contribution in [0.3, 0.4) is 0 Å². The van der Waals surface area contributed by atoms with Crippen LogP contribution in [0.5, 0.6) is 0 Å². The van der Waals surface area contributed by atoms with Crippen LogP contribution in [0.25, 0.3) is 10.9 Å². The summed E-state index contributed by atoms with van der Waals surface area (Å²) in [6.45, 7) is 1.56. The first-order valence-electron chi connectivity index (χ1n) is 6.10. The molecule has 1 unspecified atom stereocenters. The second-order valence-corrected chi connectivity index (χ2v) is 4.45. The molecule has 6 heteroatoms. The Morgan fingerprint density at radius 1 is 1.40 bits per heavy atom. The number of ether oxygens (including phenoxy) is 1. The Morgan fingerprint density at radius 2 is 2.15 bits per heavy atom. The molecule has 0 fully saturated rings. The molecule has 0 saturated heterocycles. The monoisotopic (exact) mass is 278 g/mol. The van der Waals surface area contributed by atoms with Gasteiger partial charge >= 0.3 is 5.97 Å². The number of carbonyl (C=O) groups excluding carboxylic acids is 2. The summed E-state index contributed by atoms with van der Waals surface area (Å²) in [5.74, 6) is -1.16. The number of aromatic nitrogens is 1. The van der Waals surface area contributed by atoms with Crippen molar-refractivity contribution >= 4 is 22.8 Å². The molecule has 2 rings (SSSR count). The van der Waals surface area contributed by atoms with Gasteiger partial charge in [0.2, 0.25) is 5.91 Å². The number of benzene rings is 1. The van der Waals surface area contributed by atoms with Crippen LogP contribution in [0.2, 0.25) is 0 Å². The predicted octanol–water partition coefficient (Wildman–Crippen LogP) is 1.46. The second kappa shape index (κ2) is 5.73. The summed E-state index contributed by atoms with van der Waals surface area (Å²) in [4.78, 5) is 22.8. The molecule has 1 amide bonds. The van der Waals surface area contributed by atoms with Gasteiger partial charge < -0.3 is 14.6 Å². The molecule has 5 nitrogen and oxygen atoms in total. The smallest absolute Gasteiger partial charge is 0.330 e. The third-order valence-corrected chi connectivity index (χ3v) is 2.98. The van der Waals surface area contributed by atoms with Crippen molar-refractivity contribution in [1.29, 1.82) is 0 Å². The quantitative estimate of drug-likeness (QED) is 0.861. The molecule has 106 valence electrons. The van der Waals surface area contributed by atoms with Crippen LogP contribution < -0.4 is 5.32 Å². The van der Waals surface area contributed by atoms with E-state index in [0.717, 1.165) is 10.9 Å². The summed E-state index contributed by atoms with van der Waals surface area (Å²) in [6, 6.07) is 5.37. The van der Waals surface area contributed by atoms with Gasteiger partial charge in [0.25, 0.3) is 0 Å². The molecule has 0 radical (unpaired) electrons. The van der Waals surface area contributed by atoms with E-state index in [4.69, 9.17) is 0 Å². The van der Waals surface area contributed by atoms with E-state index >= 15 is 0 Å². The van der Waals surface area contributed by atoms with Gasteiger partial charge in [-0.15, -0.1) is 0 Å². The van der Waals surface area contributed by atoms with Crippen molar-refractivity contribution in [3.8, 4) is 0 Å². The van der Waals surface area contributed by atoms with Crippen molar-refractivity contribution in [3.05, 3.63) is 36.3 Å². The predicted molar refractivity (Wildman–Crippen MR) is 71.5 cm³/mol. The van der Waals surface area contributed by atoms with E-state index < -0.39 is 12.0 Å². The first kappa shape index (κ1) is 14.0. The Labute approximate surface area is 115 Å². The number of nitrogens with zero attached hydrogens (tertiary/aromatic N) is 1. The number of carbonyl (C=O) groups is 2. The fraction of sp³-hybridized carbons (Fsp3) is 0.286. The van der Waals surface area contributed by atoms with Gasteiger partial charge in [-0.05, 0) is 24.3 Å². The van der Waals surface area contributed by atoms with Gasteiger partial charge in [0.15, 0.2) is 0 Å². The largest absolute Gasteiger partial charge is 0.467 e. The van der Waals surface area contributed by atoms with Gasteiger partial charge in [-0.3, -0.25) is 4.79 Å². The normalized spacial score (nSPS) is 12.2. The molecule has 1 N–H and O–H groups in total. The van der Waals surface area contributed by atoms with E-state index in [2.05, 4.69) is 10.1 Å². The zero-order chi connectivity index (χ0) is 14.7. The summed E-state index contributed by atoms with van der Waals surface area (Å²) in [7, 11) is 1.26. The molecule has 1 aromatic carbocycles. The Bertz CT molecular complexity index is 651. The lowest BCUT2D eigenvalue weighted by Crippen LogP contribution is -2.43. The third kappa shape index (κ3) is 2.96. The van der Waals surface area contributed by atoms with Crippen molar-refractivity contribution in [1.82, 2.24) is 9.88 Å². The molecule has 0 aliphatic heterocycles. The second-order valence-electron chi connectivity index (χ2n) is 4.45. The third-order valence-electron chi connectivity index (χ3n) is 2.98. The van der Waals surface area contributed by atoms with Crippen molar-refractivity contribution in [2.45, 2.75) is 19.5 Å². The maximum atomic E-state index is 13.1. The lowest BCUT2D eigenvalue weighted by atomic mass is 10.2. The van der Waals surface area contributed by atoms with E-state index in [1.165, 1.54) is 26.2 Å². The minimum Gasteiger partial charge on any atom is -0.467 e. The Morgan fingerprint density at radius 3 is 2.80 bits per heavy atom. The van der Waals surface area contributed by atoms with E-state index in [0.29, 0.717) is 0 Å². The molecular weight excluding hydrogens is 263 g/mol. The average molecular weight is 278 g/mol. The molecule has 0 saturated carbocycles. The molecule has 1 aromatic heterocycles. The minimum atomic E-state index is -0.779. The van der Waals surface area contributed by atoms with Crippen LogP contribution in [-0.4, -0.2) is 29.6 Å². The first-order valence-corrected chi connectivity index (χ1v) is 6.10. The number of esters is 1. The Balaban J connectivity index is 2.28. The number of nitrogens with one attached hydrogen (secondary N) is 1. The molecule has 0 aliphatic carbocycles. The maximum absolute atomic E-state index is 13.1. The van der Waals surface area contributed by atoms with Crippen molar-refractivity contribution < 1.29 is 18.7 Å². The lowest BCUT2D eigenvalue weighted by molar-refractivity contribution is -0.145. The Kier molecular flexibility index (Phi) is 4.02. The van der Waals surface area contributed by atoms with Gasteiger partial charge in [-0.2, -0.15) is 0 Å². The highest BCUT2D eigenvalue weighted by molar-refractivity contribution is 5.84. The fourth-order valence-corrected chi connectivity index (χ4v) is 2.09. The Hall–Kier alpha value is -2.37. The van der Waals surface area contributed by atoms with Gasteiger partial charge in [-0.25, -0.2) is 9.18 Å². The van der Waals surface area contributed by atoms with Crippen LogP contribution in [0.15, 0.2) is 30.5 Å². The number of hydrogen-bond donors (Lipinski definition) is 1. The molecule has 2 aromatic rings. The molecule has 0 bridgehead atoms. The average Bonchev–Trinajstić information content (AvgIpc) is 2.78. The van der Waals surface area contributed by atoms with Gasteiger partial charge in [0.1, 0.15) is 11.9 Å². The van der Waals surface area contributed by atoms with Crippen LogP contribution in [0.4, 0.5) is 4.39 Å². The summed E-state index contributed by atoms with van der Waals surface area (Å²) in [5.41, 5.74) is 0.783. The van der Waals surface area contributed by atoms with Crippen molar-refractivity contribution in [2.24, 2.45) is 0 Å². The molecule has 0 aliphatic rings. The summed E-state index contributed by atoms with van der Waals surface area (Å²) >= 11 is 0. The van der Waals surface area contributed by atoms with Crippen molar-refractivity contribution in [3.63, 3.8) is 0 Å². The van der Waals surface area contributed by atoms with E-state index in [-0.39, 0.29) is 18.3 Å². The van der Waals surface area contributed by atoms with E-state index in [9.17, 15) is 14.0 Å². The number of fused-ring (bicyclic) bond motifs is 1. The molecule has 20 heavy (non-hydrogen) atoms.